The van der Waals surface area contributed by atoms with Crippen LogP contribution in [0.1, 0.15) is 45.1 Å². The van der Waals surface area contributed by atoms with Crippen LogP contribution in [0.15, 0.2) is 115 Å². The van der Waals surface area contributed by atoms with Gasteiger partial charge in [0.1, 0.15) is 0 Å². The molecule has 2 heteroatoms. The Morgan fingerprint density at radius 3 is 1.85 bits per heavy atom. The van der Waals surface area contributed by atoms with E-state index in [1.54, 1.807) is 0 Å². The summed E-state index contributed by atoms with van der Waals surface area (Å²) in [7, 11) is 0. The summed E-state index contributed by atoms with van der Waals surface area (Å²) in [6, 6.07) is 37.4. The van der Waals surface area contributed by atoms with Gasteiger partial charge in [0.05, 0.1) is 11.7 Å². The van der Waals surface area contributed by atoms with Gasteiger partial charge >= 0.3 is 0 Å². The Labute approximate surface area is 195 Å². The van der Waals surface area contributed by atoms with Crippen molar-refractivity contribution in [2.45, 2.75) is 26.3 Å². The summed E-state index contributed by atoms with van der Waals surface area (Å²) < 4.78 is 0. The Bertz CT molecular complexity index is 1290. The second kappa shape index (κ2) is 8.91. The van der Waals surface area contributed by atoms with Crippen molar-refractivity contribution in [3.05, 3.63) is 143 Å². The molecule has 0 aromatic heterocycles. The minimum atomic E-state index is 0.0503. The fraction of sp³-hybridized carbons (Fsp3) is 0.129. The summed E-state index contributed by atoms with van der Waals surface area (Å²) in [5.74, 6) is 0.102. The van der Waals surface area contributed by atoms with E-state index in [0.717, 1.165) is 33.6 Å². The van der Waals surface area contributed by atoms with Gasteiger partial charge in [0.15, 0.2) is 5.78 Å². The fourth-order valence-corrected chi connectivity index (χ4v) is 4.63. The molecule has 2 nitrogen and oxygen atoms in total. The summed E-state index contributed by atoms with van der Waals surface area (Å²) in [5.41, 5.74) is 8.32. The number of rotatable bonds is 5. The number of anilines is 1. The molecule has 0 amide bonds. The van der Waals surface area contributed by atoms with Crippen LogP contribution < -0.4 is 4.90 Å². The second-order valence-corrected chi connectivity index (χ2v) is 8.72. The van der Waals surface area contributed by atoms with Gasteiger partial charge in [-0.3, -0.25) is 4.79 Å². The van der Waals surface area contributed by atoms with Crippen LogP contribution in [0.5, 0.6) is 0 Å². The molecule has 1 heterocycles. The third-order valence-corrected chi connectivity index (χ3v) is 6.37. The Morgan fingerprint density at radius 1 is 0.697 bits per heavy atom. The molecule has 0 saturated heterocycles. The molecule has 0 aliphatic carbocycles. The lowest BCUT2D eigenvalue weighted by Gasteiger charge is -2.30. The van der Waals surface area contributed by atoms with E-state index < -0.39 is 0 Å². The van der Waals surface area contributed by atoms with Crippen molar-refractivity contribution < 1.29 is 4.79 Å². The number of benzene rings is 4. The molecule has 5 rings (SSSR count). The lowest BCUT2D eigenvalue weighted by Crippen LogP contribution is -2.22. The minimum Gasteiger partial charge on any atom is -0.333 e. The second-order valence-electron chi connectivity index (χ2n) is 8.72. The maximum absolute atomic E-state index is 13.9. The van der Waals surface area contributed by atoms with E-state index in [1.807, 2.05) is 43.3 Å². The van der Waals surface area contributed by atoms with Crippen LogP contribution in [0, 0.1) is 13.8 Å². The van der Waals surface area contributed by atoms with E-state index in [1.165, 1.54) is 11.1 Å². The number of Topliss-reactive ketones (excluding diaryl/α,β-unsaturated/α-hetero) is 1. The normalized spacial score (nSPS) is 15.7. The van der Waals surface area contributed by atoms with E-state index in [0.29, 0.717) is 6.42 Å². The van der Waals surface area contributed by atoms with Crippen LogP contribution in [0.2, 0.25) is 0 Å². The van der Waals surface area contributed by atoms with Crippen molar-refractivity contribution in [2.24, 2.45) is 0 Å². The number of ketones is 1. The van der Waals surface area contributed by atoms with Gasteiger partial charge in [-0.25, -0.2) is 0 Å². The van der Waals surface area contributed by atoms with Crippen LogP contribution in [-0.4, -0.2) is 5.78 Å². The molecule has 0 unspecified atom stereocenters. The third-order valence-electron chi connectivity index (χ3n) is 6.37. The highest BCUT2D eigenvalue weighted by molar-refractivity contribution is 6.15. The Morgan fingerprint density at radius 2 is 1.24 bits per heavy atom. The lowest BCUT2D eigenvalue weighted by atomic mass is 9.94. The van der Waals surface area contributed by atoms with Crippen molar-refractivity contribution >= 4 is 17.2 Å². The van der Waals surface area contributed by atoms with E-state index in [4.69, 9.17) is 0 Å². The monoisotopic (exact) mass is 429 g/mol. The number of carbonyl (C=O) groups is 1. The van der Waals surface area contributed by atoms with Gasteiger partial charge in [-0.05, 0) is 37.1 Å². The first kappa shape index (κ1) is 21.0. The maximum Gasteiger partial charge on any atom is 0.191 e. The number of nitrogens with zero attached hydrogens (tertiary/aromatic N) is 1. The van der Waals surface area contributed by atoms with Crippen LogP contribution >= 0.6 is 0 Å². The molecule has 4 aromatic rings. The van der Waals surface area contributed by atoms with Crippen molar-refractivity contribution in [3.63, 3.8) is 0 Å². The van der Waals surface area contributed by atoms with Crippen LogP contribution in [0.3, 0.4) is 0 Å². The highest BCUT2D eigenvalue weighted by Gasteiger charge is 2.37. The Hall–Kier alpha value is -3.91. The summed E-state index contributed by atoms with van der Waals surface area (Å²) >= 11 is 0. The van der Waals surface area contributed by atoms with Gasteiger partial charge < -0.3 is 4.90 Å². The van der Waals surface area contributed by atoms with E-state index in [-0.39, 0.29) is 11.8 Å². The molecular weight excluding hydrogens is 402 g/mol. The fourth-order valence-electron chi connectivity index (χ4n) is 4.63. The Balaban J connectivity index is 1.72. The van der Waals surface area contributed by atoms with Crippen molar-refractivity contribution in [2.75, 3.05) is 4.90 Å². The van der Waals surface area contributed by atoms with E-state index in [2.05, 4.69) is 84.6 Å². The first-order valence-corrected chi connectivity index (χ1v) is 11.4. The highest BCUT2D eigenvalue weighted by atomic mass is 16.1. The van der Waals surface area contributed by atoms with Crippen molar-refractivity contribution in [1.29, 1.82) is 0 Å². The predicted molar refractivity (Wildman–Crippen MR) is 136 cm³/mol. The summed E-state index contributed by atoms with van der Waals surface area (Å²) in [4.78, 5) is 16.2. The van der Waals surface area contributed by atoms with Crippen LogP contribution in [0.4, 0.5) is 5.69 Å². The van der Waals surface area contributed by atoms with E-state index >= 15 is 0 Å². The van der Waals surface area contributed by atoms with Gasteiger partial charge in [-0.1, -0.05) is 108 Å². The minimum absolute atomic E-state index is 0.0503. The average Bonchev–Trinajstić information content (AvgIpc) is 3.26. The molecule has 0 saturated carbocycles. The van der Waals surface area contributed by atoms with Gasteiger partial charge in [0, 0.05) is 23.2 Å². The number of para-hydroxylation sites is 1. The zero-order valence-electron chi connectivity index (χ0n) is 19.0. The Kier molecular flexibility index (Phi) is 5.66. The van der Waals surface area contributed by atoms with Gasteiger partial charge in [0.2, 0.25) is 0 Å². The molecule has 4 aromatic carbocycles. The van der Waals surface area contributed by atoms with Crippen LogP contribution in [0.25, 0.3) is 5.70 Å². The molecular formula is C31H27NO. The lowest BCUT2D eigenvalue weighted by molar-refractivity contribution is 0.103. The standard InChI is InChI=1S/C31H27NO/c1-22-13-17-25(18-14-22)30-28(31(33)26-19-15-23(2)16-20-26)21-29(24-9-5-3-6-10-24)32(30)27-11-7-4-8-12-27/h3-20,29H,21H2,1-2H3/t29-/m1/s1. The molecule has 0 fully saturated rings. The quantitative estimate of drug-likeness (QED) is 0.305. The number of hydrogen-bond donors (Lipinski definition) is 0. The zero-order chi connectivity index (χ0) is 22.8. The molecule has 1 aliphatic heterocycles. The van der Waals surface area contributed by atoms with E-state index in [9.17, 15) is 4.79 Å². The first-order chi connectivity index (χ1) is 16.1. The largest absolute Gasteiger partial charge is 0.333 e. The molecule has 0 N–H and O–H groups in total. The molecule has 0 radical (unpaired) electrons. The predicted octanol–water partition coefficient (Wildman–Crippen LogP) is 7.55. The smallest absolute Gasteiger partial charge is 0.191 e. The summed E-state index contributed by atoms with van der Waals surface area (Å²) in [6.07, 6.45) is 0.662. The molecule has 0 spiro atoms. The SMILES string of the molecule is Cc1ccc(C(=O)C2=C(c3ccc(C)cc3)N(c3ccccc3)[C@@H](c3ccccc3)C2)cc1. The topological polar surface area (TPSA) is 20.3 Å². The van der Waals surface area contributed by atoms with Gasteiger partial charge in [-0.15, -0.1) is 0 Å². The third kappa shape index (κ3) is 4.12. The average molecular weight is 430 g/mol. The molecule has 1 aliphatic rings. The van der Waals surface area contributed by atoms with Gasteiger partial charge in [0.25, 0.3) is 0 Å². The maximum atomic E-state index is 13.9. The van der Waals surface area contributed by atoms with Crippen LogP contribution in [-0.2, 0) is 0 Å². The molecule has 33 heavy (non-hydrogen) atoms. The summed E-state index contributed by atoms with van der Waals surface area (Å²) in [6.45, 7) is 4.14. The van der Waals surface area contributed by atoms with Crippen molar-refractivity contribution in [1.82, 2.24) is 0 Å². The van der Waals surface area contributed by atoms with Gasteiger partial charge in [-0.2, -0.15) is 0 Å². The number of carbonyl (C=O) groups excluding carboxylic acids is 1. The molecule has 162 valence electrons. The van der Waals surface area contributed by atoms with Crippen molar-refractivity contribution in [3.8, 4) is 0 Å². The number of aryl methyl sites for hydroxylation is 2. The molecule has 1 atom stereocenters. The molecule has 0 bridgehead atoms. The zero-order valence-corrected chi connectivity index (χ0v) is 19.0. The summed E-state index contributed by atoms with van der Waals surface area (Å²) in [5, 5.41) is 0. The number of hydrogen-bond acceptors (Lipinski definition) is 2. The first-order valence-electron chi connectivity index (χ1n) is 11.4. The highest BCUT2D eigenvalue weighted by Crippen LogP contribution is 2.47.